The smallest absolute Gasteiger partial charge is 0.195 e. The Morgan fingerprint density at radius 2 is 1.85 bits per heavy atom. The number of halogens is 1. The lowest BCUT2D eigenvalue weighted by atomic mass is 10.0. The van der Waals surface area contributed by atoms with E-state index in [1.807, 2.05) is 6.07 Å². The Morgan fingerprint density at radius 1 is 1.08 bits per heavy atom. The van der Waals surface area contributed by atoms with Crippen LogP contribution in [-0.4, -0.2) is 24.2 Å². The highest BCUT2D eigenvalue weighted by Gasteiger charge is 2.14. The highest BCUT2D eigenvalue weighted by Crippen LogP contribution is 2.30. The molecule has 0 spiro atoms. The number of aliphatic imine (C=N–C) groups is 1. The number of benzene rings is 3. The van der Waals surface area contributed by atoms with Crippen molar-refractivity contribution in [1.29, 1.82) is 0 Å². The molecule has 3 aromatic carbocycles. The molecule has 0 bridgehead atoms. The van der Waals surface area contributed by atoms with Crippen molar-refractivity contribution in [3.8, 4) is 11.5 Å². The fraction of sp³-hybridized carbons (Fsp3) is 0.0476. The molecule has 0 amide bonds. The van der Waals surface area contributed by atoms with Crippen LogP contribution in [0, 0.1) is 0 Å². The summed E-state index contributed by atoms with van der Waals surface area (Å²) in [4.78, 5) is 17.2. The molecule has 0 saturated carbocycles. The monoisotopic (exact) mass is 365 g/mol. The first-order valence-corrected chi connectivity index (χ1v) is 8.27. The molecule has 3 aromatic rings. The van der Waals surface area contributed by atoms with Gasteiger partial charge in [0.25, 0.3) is 0 Å². The van der Waals surface area contributed by atoms with E-state index in [2.05, 4.69) is 4.99 Å². The molecule has 0 radical (unpaired) electrons. The second-order valence-corrected chi connectivity index (χ2v) is 5.95. The van der Waals surface area contributed by atoms with Crippen LogP contribution >= 0.6 is 11.6 Å². The minimum absolute atomic E-state index is 0.0105. The van der Waals surface area contributed by atoms with Gasteiger partial charge in [-0.3, -0.25) is 9.79 Å². The number of rotatable bonds is 5. The zero-order chi connectivity index (χ0) is 18.5. The first-order chi connectivity index (χ1) is 12.6. The number of hydrogen-bond acceptors (Lipinski definition) is 4. The van der Waals surface area contributed by atoms with Crippen LogP contribution in [0.4, 0.5) is 5.69 Å². The summed E-state index contributed by atoms with van der Waals surface area (Å²) in [5.41, 5.74) is 1.89. The lowest BCUT2D eigenvalue weighted by Gasteiger charge is -2.07. The van der Waals surface area contributed by atoms with E-state index < -0.39 is 0 Å². The highest BCUT2D eigenvalue weighted by molar-refractivity contribution is 6.31. The summed E-state index contributed by atoms with van der Waals surface area (Å²) >= 11 is 6.07. The van der Waals surface area contributed by atoms with Crippen LogP contribution in [0.1, 0.15) is 21.5 Å². The summed E-state index contributed by atoms with van der Waals surface area (Å²) in [7, 11) is 1.48. The number of aromatic hydroxyl groups is 1. The zero-order valence-corrected chi connectivity index (χ0v) is 14.8. The third kappa shape index (κ3) is 3.76. The number of hydrogen-bond donors (Lipinski definition) is 1. The summed E-state index contributed by atoms with van der Waals surface area (Å²) in [6.45, 7) is 0. The van der Waals surface area contributed by atoms with Gasteiger partial charge in [0.05, 0.1) is 12.8 Å². The second kappa shape index (κ2) is 7.85. The van der Waals surface area contributed by atoms with Gasteiger partial charge in [-0.1, -0.05) is 48.0 Å². The van der Waals surface area contributed by atoms with Crippen LogP contribution in [0.15, 0.2) is 71.7 Å². The molecule has 1 N–H and O–H groups in total. The molecule has 0 aliphatic carbocycles. The summed E-state index contributed by atoms with van der Waals surface area (Å²) in [5.74, 6) is 0.171. The van der Waals surface area contributed by atoms with Crippen molar-refractivity contribution in [2.24, 2.45) is 4.99 Å². The van der Waals surface area contributed by atoms with E-state index in [4.69, 9.17) is 16.3 Å². The summed E-state index contributed by atoms with van der Waals surface area (Å²) in [5, 5.41) is 10.6. The number of carbonyl (C=O) groups excluding carboxylic acids is 1. The SMILES string of the molecule is COc1cccc(C=Nc2ccc(Cl)cc2C(=O)c2ccccc2)c1O. The quantitative estimate of drug-likeness (QED) is 0.509. The maximum absolute atomic E-state index is 12.8. The average molecular weight is 366 g/mol. The minimum Gasteiger partial charge on any atom is -0.504 e. The van der Waals surface area contributed by atoms with E-state index in [-0.39, 0.29) is 11.5 Å². The zero-order valence-electron chi connectivity index (χ0n) is 14.0. The van der Waals surface area contributed by atoms with Gasteiger partial charge in [0.1, 0.15) is 0 Å². The molecule has 0 unspecified atom stereocenters. The molecule has 0 aliphatic rings. The van der Waals surface area contributed by atoms with Gasteiger partial charge in [-0.05, 0) is 30.3 Å². The third-order valence-corrected chi connectivity index (χ3v) is 4.07. The molecule has 0 aromatic heterocycles. The molecule has 0 heterocycles. The van der Waals surface area contributed by atoms with E-state index in [0.29, 0.717) is 33.1 Å². The second-order valence-electron chi connectivity index (χ2n) is 5.51. The number of nitrogens with zero attached hydrogens (tertiary/aromatic N) is 1. The fourth-order valence-electron chi connectivity index (χ4n) is 2.50. The van der Waals surface area contributed by atoms with Crippen LogP contribution in [0.3, 0.4) is 0 Å². The Hall–Kier alpha value is -3.11. The lowest BCUT2D eigenvalue weighted by molar-refractivity contribution is 0.103. The molecular formula is C21H16ClNO3. The molecule has 130 valence electrons. The minimum atomic E-state index is -0.171. The van der Waals surface area contributed by atoms with E-state index in [9.17, 15) is 9.90 Å². The summed E-state index contributed by atoms with van der Waals surface area (Å²) in [6.07, 6.45) is 1.49. The number of phenolic OH excluding ortho intramolecular Hbond substituents is 1. The maximum Gasteiger partial charge on any atom is 0.195 e. The van der Waals surface area contributed by atoms with E-state index in [0.717, 1.165) is 0 Å². The average Bonchev–Trinajstić information content (AvgIpc) is 2.68. The highest BCUT2D eigenvalue weighted by atomic mass is 35.5. The van der Waals surface area contributed by atoms with Gasteiger partial charge in [0, 0.05) is 27.9 Å². The maximum atomic E-state index is 12.8. The Bertz CT molecular complexity index is 968. The largest absolute Gasteiger partial charge is 0.504 e. The molecule has 3 rings (SSSR count). The lowest BCUT2D eigenvalue weighted by Crippen LogP contribution is -2.01. The Labute approximate surface area is 156 Å². The number of phenols is 1. The molecule has 0 fully saturated rings. The van der Waals surface area contributed by atoms with Crippen molar-refractivity contribution in [2.75, 3.05) is 7.11 Å². The van der Waals surface area contributed by atoms with Crippen molar-refractivity contribution in [2.45, 2.75) is 0 Å². The molecular weight excluding hydrogens is 350 g/mol. The van der Waals surface area contributed by atoms with Crippen molar-refractivity contribution in [3.63, 3.8) is 0 Å². The fourth-order valence-corrected chi connectivity index (χ4v) is 2.67. The van der Waals surface area contributed by atoms with E-state index in [1.165, 1.54) is 13.3 Å². The van der Waals surface area contributed by atoms with Gasteiger partial charge >= 0.3 is 0 Å². The van der Waals surface area contributed by atoms with Gasteiger partial charge in [-0.2, -0.15) is 0 Å². The van der Waals surface area contributed by atoms with Crippen LogP contribution in [-0.2, 0) is 0 Å². The van der Waals surface area contributed by atoms with Gasteiger partial charge in [-0.25, -0.2) is 0 Å². The Balaban J connectivity index is 2.00. The third-order valence-electron chi connectivity index (χ3n) is 3.83. The Morgan fingerprint density at radius 3 is 2.58 bits per heavy atom. The predicted molar refractivity (Wildman–Crippen MR) is 103 cm³/mol. The van der Waals surface area contributed by atoms with Crippen LogP contribution in [0.5, 0.6) is 11.5 Å². The standard InChI is InChI=1S/C21H16ClNO3/c1-26-19-9-5-8-15(21(19)25)13-23-18-11-10-16(22)12-17(18)20(24)14-6-3-2-4-7-14/h2-13,25H,1H3. The summed E-state index contributed by atoms with van der Waals surface area (Å²) in [6, 6.07) is 19.0. The van der Waals surface area contributed by atoms with Gasteiger partial charge in [-0.15, -0.1) is 0 Å². The first-order valence-electron chi connectivity index (χ1n) is 7.89. The van der Waals surface area contributed by atoms with Gasteiger partial charge in [0.15, 0.2) is 17.3 Å². The van der Waals surface area contributed by atoms with Gasteiger partial charge < -0.3 is 9.84 Å². The molecule has 4 nitrogen and oxygen atoms in total. The van der Waals surface area contributed by atoms with Crippen LogP contribution in [0.2, 0.25) is 5.02 Å². The molecule has 0 saturated heterocycles. The first kappa shape index (κ1) is 17.7. The Kier molecular flexibility index (Phi) is 5.34. The normalized spacial score (nSPS) is 10.8. The van der Waals surface area contributed by atoms with Crippen LogP contribution in [0.25, 0.3) is 0 Å². The van der Waals surface area contributed by atoms with E-state index >= 15 is 0 Å². The van der Waals surface area contributed by atoms with Crippen molar-refractivity contribution >= 4 is 29.3 Å². The molecule has 26 heavy (non-hydrogen) atoms. The number of ether oxygens (including phenoxy) is 1. The molecule has 0 atom stereocenters. The number of carbonyl (C=O) groups is 1. The molecule has 5 heteroatoms. The van der Waals surface area contributed by atoms with Crippen LogP contribution < -0.4 is 4.74 Å². The number of ketones is 1. The number of methoxy groups -OCH3 is 1. The summed E-state index contributed by atoms with van der Waals surface area (Å²) < 4.78 is 5.09. The topological polar surface area (TPSA) is 58.9 Å². The predicted octanol–water partition coefficient (Wildman–Crippen LogP) is 5.04. The van der Waals surface area contributed by atoms with Crippen molar-refractivity contribution < 1.29 is 14.6 Å². The molecule has 0 aliphatic heterocycles. The van der Waals surface area contributed by atoms with Crippen molar-refractivity contribution in [3.05, 3.63) is 88.4 Å². The van der Waals surface area contributed by atoms with E-state index in [1.54, 1.807) is 60.7 Å². The number of para-hydroxylation sites is 1. The van der Waals surface area contributed by atoms with Gasteiger partial charge in [0.2, 0.25) is 0 Å². The van der Waals surface area contributed by atoms with Crippen molar-refractivity contribution in [1.82, 2.24) is 0 Å².